The van der Waals surface area contributed by atoms with Crippen LogP contribution < -0.4 is 9.80 Å². The van der Waals surface area contributed by atoms with Crippen LogP contribution in [-0.2, 0) is 0 Å². The molecule has 0 amide bonds. The maximum atomic E-state index is 10.6. The van der Waals surface area contributed by atoms with Crippen molar-refractivity contribution in [2.45, 2.75) is 12.1 Å². The number of aliphatic hydroxyl groups excluding tert-OH is 1. The van der Waals surface area contributed by atoms with Crippen molar-refractivity contribution < 1.29 is 14.9 Å². The fourth-order valence-electron chi connectivity index (χ4n) is 4.44. The molecule has 1 aliphatic rings. The van der Waals surface area contributed by atoms with E-state index in [0.717, 1.165) is 38.3 Å². The summed E-state index contributed by atoms with van der Waals surface area (Å²) in [6.07, 6.45) is -0.378. The number of aliphatic hydroxyl groups is 1. The number of piperazine rings is 1. The molecular formula is C25H30N2O+2. The molecule has 3 aromatic carbocycles. The zero-order valence-corrected chi connectivity index (χ0v) is 16.3. The molecule has 1 saturated heterocycles. The molecule has 0 spiro atoms. The molecule has 0 bridgehead atoms. The monoisotopic (exact) mass is 374 g/mol. The number of quaternary nitrogens is 2. The van der Waals surface area contributed by atoms with Gasteiger partial charge in [0.1, 0.15) is 44.9 Å². The summed E-state index contributed by atoms with van der Waals surface area (Å²) in [6, 6.07) is 32.2. The summed E-state index contributed by atoms with van der Waals surface area (Å²) in [5, 5.41) is 10.6. The molecule has 0 saturated carbocycles. The lowest BCUT2D eigenvalue weighted by Gasteiger charge is -2.35. The second-order valence-electron chi connectivity index (χ2n) is 7.79. The van der Waals surface area contributed by atoms with Gasteiger partial charge >= 0.3 is 0 Å². The van der Waals surface area contributed by atoms with Gasteiger partial charge in [-0.3, -0.25) is 0 Å². The Labute approximate surface area is 167 Å². The van der Waals surface area contributed by atoms with E-state index >= 15 is 0 Å². The van der Waals surface area contributed by atoms with E-state index in [1.807, 2.05) is 30.3 Å². The second kappa shape index (κ2) is 9.16. The molecule has 3 aromatic rings. The highest BCUT2D eigenvalue weighted by Crippen LogP contribution is 2.18. The van der Waals surface area contributed by atoms with Crippen LogP contribution in [0, 0.1) is 0 Å². The minimum atomic E-state index is -0.378. The summed E-state index contributed by atoms with van der Waals surface area (Å²) in [6.45, 7) is 5.21. The van der Waals surface area contributed by atoms with Crippen molar-refractivity contribution in [2.24, 2.45) is 0 Å². The van der Waals surface area contributed by atoms with Crippen molar-refractivity contribution in [2.75, 3.05) is 32.7 Å². The first-order chi connectivity index (χ1) is 13.8. The Bertz CT molecular complexity index is 791. The van der Waals surface area contributed by atoms with Crippen LogP contribution in [0.1, 0.15) is 28.8 Å². The highest BCUT2D eigenvalue weighted by Gasteiger charge is 2.32. The summed E-state index contributed by atoms with van der Waals surface area (Å²) in [5.41, 5.74) is 3.80. The Kier molecular flexibility index (Phi) is 6.17. The van der Waals surface area contributed by atoms with Gasteiger partial charge in [-0.1, -0.05) is 91.0 Å². The molecule has 1 aliphatic heterocycles. The predicted octanol–water partition coefficient (Wildman–Crippen LogP) is 1.29. The molecule has 3 N–H and O–H groups in total. The third-order valence-corrected chi connectivity index (χ3v) is 5.94. The Morgan fingerprint density at radius 3 is 1.50 bits per heavy atom. The van der Waals surface area contributed by atoms with E-state index < -0.39 is 0 Å². The van der Waals surface area contributed by atoms with E-state index in [2.05, 4.69) is 60.7 Å². The first kappa shape index (κ1) is 18.9. The average Bonchev–Trinajstić information content (AvgIpc) is 2.77. The van der Waals surface area contributed by atoms with E-state index in [-0.39, 0.29) is 6.10 Å². The molecule has 1 heterocycles. The highest BCUT2D eigenvalue weighted by molar-refractivity contribution is 5.29. The summed E-state index contributed by atoms with van der Waals surface area (Å²) >= 11 is 0. The normalized spacial score (nSPS) is 20.8. The van der Waals surface area contributed by atoms with Crippen molar-refractivity contribution in [3.63, 3.8) is 0 Å². The van der Waals surface area contributed by atoms with Gasteiger partial charge in [-0.05, 0) is 5.56 Å². The van der Waals surface area contributed by atoms with E-state index in [0.29, 0.717) is 6.04 Å². The van der Waals surface area contributed by atoms with E-state index in [4.69, 9.17) is 0 Å². The molecule has 3 heteroatoms. The molecule has 0 radical (unpaired) electrons. The van der Waals surface area contributed by atoms with Crippen LogP contribution in [0.3, 0.4) is 0 Å². The Balaban J connectivity index is 1.43. The maximum Gasteiger partial charge on any atom is 0.139 e. The summed E-state index contributed by atoms with van der Waals surface area (Å²) in [5.74, 6) is 0. The van der Waals surface area contributed by atoms with Gasteiger partial charge in [0.2, 0.25) is 0 Å². The maximum absolute atomic E-state index is 10.6. The fraction of sp³-hybridized carbons (Fsp3) is 0.280. The van der Waals surface area contributed by atoms with Crippen molar-refractivity contribution in [3.8, 4) is 0 Å². The molecule has 28 heavy (non-hydrogen) atoms. The SMILES string of the molecule is O[C@H](C[NH+]1CC[NH+](C(c2ccccc2)c2ccccc2)CC1)c1ccccc1. The van der Waals surface area contributed by atoms with Gasteiger partial charge < -0.3 is 14.9 Å². The predicted molar refractivity (Wildman–Crippen MR) is 112 cm³/mol. The Morgan fingerprint density at radius 1 is 0.607 bits per heavy atom. The number of rotatable bonds is 6. The first-order valence-electron chi connectivity index (χ1n) is 10.3. The average molecular weight is 375 g/mol. The Hall–Kier alpha value is -2.46. The summed E-state index contributed by atoms with van der Waals surface area (Å²) in [7, 11) is 0. The topological polar surface area (TPSA) is 29.1 Å². The molecule has 144 valence electrons. The van der Waals surface area contributed by atoms with Crippen LogP contribution >= 0.6 is 0 Å². The number of benzene rings is 3. The largest absolute Gasteiger partial charge is 0.382 e. The van der Waals surface area contributed by atoms with Gasteiger partial charge in [-0.15, -0.1) is 0 Å². The Morgan fingerprint density at radius 2 is 1.04 bits per heavy atom. The van der Waals surface area contributed by atoms with E-state index in [1.54, 1.807) is 4.90 Å². The van der Waals surface area contributed by atoms with Crippen LogP contribution in [-0.4, -0.2) is 37.8 Å². The second-order valence-corrected chi connectivity index (χ2v) is 7.79. The summed E-state index contributed by atoms with van der Waals surface area (Å²) in [4.78, 5) is 3.12. The van der Waals surface area contributed by atoms with Gasteiger partial charge in [0.25, 0.3) is 0 Å². The van der Waals surface area contributed by atoms with Crippen LogP contribution in [0.15, 0.2) is 91.0 Å². The minimum Gasteiger partial charge on any atom is -0.382 e. The minimum absolute atomic E-state index is 0.378. The molecule has 0 aliphatic carbocycles. The van der Waals surface area contributed by atoms with Gasteiger partial charge in [0, 0.05) is 11.1 Å². The molecule has 3 nitrogen and oxygen atoms in total. The van der Waals surface area contributed by atoms with Crippen LogP contribution in [0.4, 0.5) is 0 Å². The molecule has 1 fully saturated rings. The van der Waals surface area contributed by atoms with Crippen molar-refractivity contribution in [3.05, 3.63) is 108 Å². The van der Waals surface area contributed by atoms with Gasteiger partial charge in [-0.2, -0.15) is 0 Å². The highest BCUT2D eigenvalue weighted by atomic mass is 16.3. The molecule has 0 aromatic heterocycles. The van der Waals surface area contributed by atoms with E-state index in [1.165, 1.54) is 16.0 Å². The quantitative estimate of drug-likeness (QED) is 0.596. The number of hydrogen-bond acceptors (Lipinski definition) is 1. The third kappa shape index (κ3) is 4.50. The standard InChI is InChI=1S/C25H28N2O/c28-24(21-10-4-1-5-11-21)20-26-16-18-27(19-17-26)25(22-12-6-2-7-13-22)23-14-8-3-9-15-23/h1-15,24-25,28H,16-20H2/p+2/t24-/m1/s1. The number of hydrogen-bond donors (Lipinski definition) is 3. The lowest BCUT2D eigenvalue weighted by Crippen LogP contribution is -3.28. The smallest absolute Gasteiger partial charge is 0.139 e. The first-order valence-corrected chi connectivity index (χ1v) is 10.3. The van der Waals surface area contributed by atoms with Gasteiger partial charge in [0.05, 0.1) is 0 Å². The molecule has 1 atom stereocenters. The van der Waals surface area contributed by atoms with E-state index in [9.17, 15) is 5.11 Å². The fourth-order valence-corrected chi connectivity index (χ4v) is 4.44. The zero-order valence-electron chi connectivity index (χ0n) is 16.3. The molecule has 4 rings (SSSR count). The van der Waals surface area contributed by atoms with Gasteiger partial charge in [0.15, 0.2) is 0 Å². The van der Waals surface area contributed by atoms with Crippen molar-refractivity contribution in [1.29, 1.82) is 0 Å². The van der Waals surface area contributed by atoms with Crippen LogP contribution in [0.5, 0.6) is 0 Å². The summed E-state index contributed by atoms with van der Waals surface area (Å²) < 4.78 is 0. The van der Waals surface area contributed by atoms with Crippen molar-refractivity contribution in [1.82, 2.24) is 0 Å². The van der Waals surface area contributed by atoms with Gasteiger partial charge in [-0.25, -0.2) is 0 Å². The van der Waals surface area contributed by atoms with Crippen LogP contribution in [0.25, 0.3) is 0 Å². The lowest BCUT2D eigenvalue weighted by molar-refractivity contribution is -1.03. The van der Waals surface area contributed by atoms with Crippen molar-refractivity contribution >= 4 is 0 Å². The zero-order chi connectivity index (χ0) is 19.2. The van der Waals surface area contributed by atoms with Crippen LogP contribution in [0.2, 0.25) is 0 Å². The number of nitrogens with one attached hydrogen (secondary N) is 2. The third-order valence-electron chi connectivity index (χ3n) is 5.94. The lowest BCUT2D eigenvalue weighted by atomic mass is 9.96. The molecule has 0 unspecified atom stereocenters. The molecular weight excluding hydrogens is 344 g/mol.